The summed E-state index contributed by atoms with van der Waals surface area (Å²) in [4.78, 5) is 33.4. The van der Waals surface area contributed by atoms with Gasteiger partial charge in [0.15, 0.2) is 5.13 Å². The Hall–Kier alpha value is -2.39. The number of furan rings is 1. The van der Waals surface area contributed by atoms with Crippen molar-refractivity contribution in [2.75, 3.05) is 11.1 Å². The summed E-state index contributed by atoms with van der Waals surface area (Å²) in [5.41, 5.74) is 2.68. The predicted octanol–water partition coefficient (Wildman–Crippen LogP) is 3.26. The Morgan fingerprint density at radius 2 is 2.21 bits per heavy atom. The van der Waals surface area contributed by atoms with Crippen molar-refractivity contribution in [2.45, 2.75) is 44.2 Å². The first kappa shape index (κ1) is 18.9. The topological polar surface area (TPSA) is 90.0 Å². The average Bonchev–Trinajstić information content (AvgIpc) is 3.34. The van der Waals surface area contributed by atoms with Crippen LogP contribution in [0.4, 0.5) is 5.13 Å². The van der Waals surface area contributed by atoms with Crippen molar-refractivity contribution in [3.63, 3.8) is 0 Å². The van der Waals surface area contributed by atoms with E-state index >= 15 is 0 Å². The first-order valence-electron chi connectivity index (χ1n) is 9.10. The minimum Gasteiger partial charge on any atom is -0.467 e. The van der Waals surface area contributed by atoms with Crippen molar-refractivity contribution in [1.82, 2.24) is 14.5 Å². The van der Waals surface area contributed by atoms with E-state index in [1.165, 1.54) is 23.1 Å². The summed E-state index contributed by atoms with van der Waals surface area (Å²) >= 11 is 2.72. The summed E-state index contributed by atoms with van der Waals surface area (Å²) in [6, 6.07) is 3.67. The smallest absolute Gasteiger partial charge is 0.349 e. The summed E-state index contributed by atoms with van der Waals surface area (Å²) in [6.07, 6.45) is 5.42. The molecule has 0 atom stereocenters. The molecule has 3 aromatic heterocycles. The van der Waals surface area contributed by atoms with Crippen molar-refractivity contribution < 1.29 is 9.21 Å². The molecule has 9 heteroatoms. The fourth-order valence-corrected chi connectivity index (χ4v) is 4.87. The molecule has 0 saturated heterocycles. The van der Waals surface area contributed by atoms with E-state index in [1.807, 2.05) is 24.4 Å². The molecule has 0 aliphatic heterocycles. The Labute approximate surface area is 170 Å². The van der Waals surface area contributed by atoms with Crippen LogP contribution in [0.3, 0.4) is 0 Å². The summed E-state index contributed by atoms with van der Waals surface area (Å²) in [5, 5.41) is 5.94. The standard InChI is InChI=1S/C19H20N4O3S2/c1-12-10-28-18(20-12)21-16(24)11-27-17-14-6-2-3-7-15(14)23(19(25)22-17)9-13-5-4-8-26-13/h4-5,8,10H,2-3,6-7,9,11H2,1H3,(H,20,21,24). The van der Waals surface area contributed by atoms with E-state index in [1.54, 1.807) is 10.8 Å². The van der Waals surface area contributed by atoms with E-state index in [0.29, 0.717) is 16.7 Å². The monoisotopic (exact) mass is 416 g/mol. The maximum Gasteiger partial charge on any atom is 0.349 e. The predicted molar refractivity (Wildman–Crippen MR) is 109 cm³/mol. The van der Waals surface area contributed by atoms with Crippen LogP contribution in [0, 0.1) is 6.92 Å². The van der Waals surface area contributed by atoms with Crippen LogP contribution < -0.4 is 11.0 Å². The number of fused-ring (bicyclic) bond motifs is 1. The number of rotatable bonds is 6. The molecule has 0 aromatic carbocycles. The zero-order valence-electron chi connectivity index (χ0n) is 15.4. The molecule has 1 aliphatic rings. The van der Waals surface area contributed by atoms with Crippen LogP contribution in [-0.4, -0.2) is 26.2 Å². The van der Waals surface area contributed by atoms with Gasteiger partial charge in [-0.05, 0) is 44.7 Å². The van der Waals surface area contributed by atoms with Gasteiger partial charge in [0, 0.05) is 16.6 Å². The molecule has 1 aliphatic carbocycles. The van der Waals surface area contributed by atoms with Crippen molar-refractivity contribution in [3.8, 4) is 0 Å². The Kier molecular flexibility index (Phi) is 5.63. The van der Waals surface area contributed by atoms with Crippen molar-refractivity contribution >= 4 is 34.1 Å². The van der Waals surface area contributed by atoms with Gasteiger partial charge in [0.05, 0.1) is 24.3 Å². The molecule has 0 spiro atoms. The van der Waals surface area contributed by atoms with E-state index in [-0.39, 0.29) is 17.3 Å². The summed E-state index contributed by atoms with van der Waals surface area (Å²) in [6.45, 7) is 2.27. The molecule has 0 saturated carbocycles. The fourth-order valence-electron chi connectivity index (χ4n) is 3.29. The molecule has 0 radical (unpaired) electrons. The molecule has 146 valence electrons. The van der Waals surface area contributed by atoms with E-state index in [4.69, 9.17) is 4.42 Å². The van der Waals surface area contributed by atoms with Gasteiger partial charge < -0.3 is 9.73 Å². The molecular formula is C19H20N4O3S2. The molecule has 3 aromatic rings. The lowest BCUT2D eigenvalue weighted by atomic mass is 9.97. The van der Waals surface area contributed by atoms with E-state index < -0.39 is 0 Å². The Morgan fingerprint density at radius 3 is 2.96 bits per heavy atom. The number of anilines is 1. The largest absolute Gasteiger partial charge is 0.467 e. The number of amides is 1. The maximum atomic E-state index is 12.7. The second-order valence-corrected chi connectivity index (χ2v) is 8.45. The third kappa shape index (κ3) is 4.20. The van der Waals surface area contributed by atoms with Crippen molar-refractivity contribution in [3.05, 3.63) is 57.0 Å². The van der Waals surface area contributed by atoms with Gasteiger partial charge in [0.2, 0.25) is 5.91 Å². The van der Waals surface area contributed by atoms with Gasteiger partial charge in [-0.3, -0.25) is 9.36 Å². The highest BCUT2D eigenvalue weighted by Gasteiger charge is 2.21. The summed E-state index contributed by atoms with van der Waals surface area (Å²) in [5.74, 6) is 0.778. The zero-order chi connectivity index (χ0) is 19.5. The highest BCUT2D eigenvalue weighted by Crippen LogP contribution is 2.29. The van der Waals surface area contributed by atoms with E-state index in [0.717, 1.165) is 48.4 Å². The van der Waals surface area contributed by atoms with Gasteiger partial charge >= 0.3 is 5.69 Å². The zero-order valence-corrected chi connectivity index (χ0v) is 17.1. The number of thioether (sulfide) groups is 1. The van der Waals surface area contributed by atoms with Crippen LogP contribution >= 0.6 is 23.1 Å². The van der Waals surface area contributed by atoms with Gasteiger partial charge in [-0.25, -0.2) is 9.78 Å². The lowest BCUT2D eigenvalue weighted by Crippen LogP contribution is -2.30. The Balaban J connectivity index is 1.53. The van der Waals surface area contributed by atoms with Gasteiger partial charge in [0.25, 0.3) is 0 Å². The third-order valence-electron chi connectivity index (χ3n) is 4.55. The Morgan fingerprint density at radius 1 is 1.36 bits per heavy atom. The average molecular weight is 417 g/mol. The van der Waals surface area contributed by atoms with Crippen LogP contribution in [0.5, 0.6) is 0 Å². The number of hydrogen-bond acceptors (Lipinski definition) is 7. The highest BCUT2D eigenvalue weighted by molar-refractivity contribution is 8.00. The number of carbonyl (C=O) groups is 1. The van der Waals surface area contributed by atoms with Crippen LogP contribution in [-0.2, 0) is 24.2 Å². The van der Waals surface area contributed by atoms with Crippen LogP contribution in [0.15, 0.2) is 38.0 Å². The summed E-state index contributed by atoms with van der Waals surface area (Å²) in [7, 11) is 0. The molecule has 0 fully saturated rings. The Bertz CT molecular complexity index is 1040. The minimum atomic E-state index is -0.296. The van der Waals surface area contributed by atoms with Crippen molar-refractivity contribution in [2.24, 2.45) is 0 Å². The number of thiazole rings is 1. The highest BCUT2D eigenvalue weighted by atomic mass is 32.2. The number of aryl methyl sites for hydroxylation is 1. The molecule has 1 N–H and O–H groups in total. The van der Waals surface area contributed by atoms with Crippen LogP contribution in [0.1, 0.15) is 35.6 Å². The number of aromatic nitrogens is 3. The van der Waals surface area contributed by atoms with Gasteiger partial charge in [-0.15, -0.1) is 11.3 Å². The molecule has 0 bridgehead atoms. The molecule has 0 unspecified atom stereocenters. The number of nitrogens with zero attached hydrogens (tertiary/aromatic N) is 3. The van der Waals surface area contributed by atoms with Gasteiger partial charge in [-0.2, -0.15) is 4.98 Å². The normalized spacial score (nSPS) is 13.3. The van der Waals surface area contributed by atoms with E-state index in [2.05, 4.69) is 15.3 Å². The first-order chi connectivity index (χ1) is 13.6. The van der Waals surface area contributed by atoms with Crippen LogP contribution in [0.2, 0.25) is 0 Å². The quantitative estimate of drug-likeness (QED) is 0.490. The van der Waals surface area contributed by atoms with Crippen molar-refractivity contribution in [1.29, 1.82) is 0 Å². The fraction of sp³-hybridized carbons (Fsp3) is 0.368. The maximum absolute atomic E-state index is 12.7. The first-order valence-corrected chi connectivity index (χ1v) is 11.0. The lowest BCUT2D eigenvalue weighted by Gasteiger charge is -2.22. The number of carbonyl (C=O) groups excluding carboxylic acids is 1. The third-order valence-corrected chi connectivity index (χ3v) is 6.44. The molecule has 7 nitrogen and oxygen atoms in total. The van der Waals surface area contributed by atoms with E-state index in [9.17, 15) is 9.59 Å². The van der Waals surface area contributed by atoms with Gasteiger partial charge in [-0.1, -0.05) is 11.8 Å². The molecular weight excluding hydrogens is 396 g/mol. The molecule has 4 rings (SSSR count). The van der Waals surface area contributed by atoms with Gasteiger partial charge in [0.1, 0.15) is 10.8 Å². The molecule has 3 heterocycles. The second-order valence-electron chi connectivity index (χ2n) is 6.63. The number of nitrogens with one attached hydrogen (secondary N) is 1. The lowest BCUT2D eigenvalue weighted by molar-refractivity contribution is -0.113. The minimum absolute atomic E-state index is 0.148. The molecule has 1 amide bonds. The number of hydrogen-bond donors (Lipinski definition) is 1. The second kappa shape index (κ2) is 8.32. The summed E-state index contributed by atoms with van der Waals surface area (Å²) < 4.78 is 7.10. The van der Waals surface area contributed by atoms with Crippen LogP contribution in [0.25, 0.3) is 0 Å². The molecule has 28 heavy (non-hydrogen) atoms. The SMILES string of the molecule is Cc1csc(NC(=O)CSc2nc(=O)n(Cc3ccco3)c3c2CCCC3)n1.